The van der Waals surface area contributed by atoms with Gasteiger partial charge in [0.05, 0.1) is 6.54 Å². The number of hydrogen-bond donors (Lipinski definition) is 2. The summed E-state index contributed by atoms with van der Waals surface area (Å²) in [7, 11) is 0. The van der Waals surface area contributed by atoms with E-state index in [1.54, 1.807) is 0 Å². The Labute approximate surface area is 152 Å². The number of carbonyl (C=O) groups is 1. The average molecular weight is 354 g/mol. The van der Waals surface area contributed by atoms with Crippen molar-refractivity contribution in [2.75, 3.05) is 6.54 Å². The highest BCUT2D eigenvalue weighted by atomic mass is 16.5. The van der Waals surface area contributed by atoms with Gasteiger partial charge in [-0.25, -0.2) is 9.86 Å². The number of rotatable bonds is 6. The molecule has 6 nitrogen and oxygen atoms in total. The van der Waals surface area contributed by atoms with Crippen LogP contribution in [0.5, 0.6) is 17.2 Å². The van der Waals surface area contributed by atoms with Crippen LogP contribution in [-0.4, -0.2) is 29.0 Å². The average Bonchev–Trinajstić information content (AvgIpc) is 2.63. The van der Waals surface area contributed by atoms with Gasteiger partial charge in [-0.15, -0.1) is 0 Å². The van der Waals surface area contributed by atoms with Gasteiger partial charge in [-0.3, -0.25) is 5.21 Å². The van der Waals surface area contributed by atoms with Gasteiger partial charge in [0.25, 0.3) is 0 Å². The van der Waals surface area contributed by atoms with Crippen LogP contribution < -0.4 is 15.2 Å². The van der Waals surface area contributed by atoms with Crippen molar-refractivity contribution in [2.45, 2.75) is 25.9 Å². The summed E-state index contributed by atoms with van der Waals surface area (Å²) in [5, 5.41) is 10.2. The number of hydroxylamine groups is 2. The number of amides is 2. The summed E-state index contributed by atoms with van der Waals surface area (Å²) >= 11 is 0. The summed E-state index contributed by atoms with van der Waals surface area (Å²) in [6, 6.07) is 14.2. The molecule has 1 unspecified atom stereocenters. The van der Waals surface area contributed by atoms with E-state index in [0.717, 1.165) is 35.5 Å². The molecule has 0 spiro atoms. The van der Waals surface area contributed by atoms with Crippen LogP contribution in [0.3, 0.4) is 0 Å². The minimum absolute atomic E-state index is 0.00318. The van der Waals surface area contributed by atoms with Crippen molar-refractivity contribution >= 4 is 12.1 Å². The van der Waals surface area contributed by atoms with Gasteiger partial charge in [0.15, 0.2) is 0 Å². The molecule has 3 rings (SSSR count). The number of para-hydroxylation sites is 1. The summed E-state index contributed by atoms with van der Waals surface area (Å²) in [6.07, 6.45) is 3.40. The maximum absolute atomic E-state index is 11.2. The third-order valence-corrected chi connectivity index (χ3v) is 4.12. The Kier molecular flexibility index (Phi) is 5.43. The van der Waals surface area contributed by atoms with Gasteiger partial charge in [-0.2, -0.15) is 0 Å². The van der Waals surface area contributed by atoms with Crippen LogP contribution in [0.4, 0.5) is 4.79 Å². The maximum atomic E-state index is 11.2. The Balaban J connectivity index is 1.86. The fourth-order valence-corrected chi connectivity index (χ4v) is 2.86. The number of nitrogens with two attached hydrogens (primary N) is 1. The first-order chi connectivity index (χ1) is 12.6. The van der Waals surface area contributed by atoms with Crippen molar-refractivity contribution in [3.8, 4) is 17.2 Å². The third-order valence-electron chi connectivity index (χ3n) is 4.12. The monoisotopic (exact) mass is 354 g/mol. The summed E-state index contributed by atoms with van der Waals surface area (Å²) in [5.74, 6) is 2.17. The maximum Gasteiger partial charge on any atom is 0.338 e. The van der Waals surface area contributed by atoms with Crippen molar-refractivity contribution in [3.05, 3.63) is 59.7 Å². The van der Waals surface area contributed by atoms with Crippen molar-refractivity contribution in [2.24, 2.45) is 5.73 Å². The molecular formula is C20H22N2O4. The molecule has 136 valence electrons. The number of nitrogens with zero attached hydrogens (tertiary/aromatic N) is 1. The SMILES string of the molecule is CCCC1Oc2ccc(Oc3ccccc3)cc2C=C1CN(O)C(N)=O. The first-order valence-corrected chi connectivity index (χ1v) is 8.56. The molecule has 0 fully saturated rings. The number of ether oxygens (including phenoxy) is 2. The van der Waals surface area contributed by atoms with Gasteiger partial charge >= 0.3 is 6.03 Å². The Hall–Kier alpha value is -2.99. The first-order valence-electron chi connectivity index (χ1n) is 8.56. The molecule has 0 radical (unpaired) electrons. The van der Waals surface area contributed by atoms with Crippen molar-refractivity contribution < 1.29 is 19.5 Å². The lowest BCUT2D eigenvalue weighted by atomic mass is 9.98. The molecule has 0 bridgehead atoms. The molecule has 3 N–H and O–H groups in total. The topological polar surface area (TPSA) is 85.0 Å². The molecule has 26 heavy (non-hydrogen) atoms. The third kappa shape index (κ3) is 4.15. The number of fused-ring (bicyclic) bond motifs is 1. The lowest BCUT2D eigenvalue weighted by molar-refractivity contribution is -0.0342. The fraction of sp³-hybridized carbons (Fsp3) is 0.250. The second kappa shape index (κ2) is 7.93. The summed E-state index contributed by atoms with van der Waals surface area (Å²) in [5.41, 5.74) is 6.75. The van der Waals surface area contributed by atoms with E-state index < -0.39 is 6.03 Å². The molecule has 1 atom stereocenters. The minimum atomic E-state index is -0.895. The van der Waals surface area contributed by atoms with Crippen LogP contribution in [0, 0.1) is 0 Å². The largest absolute Gasteiger partial charge is 0.485 e. The van der Waals surface area contributed by atoms with E-state index in [-0.39, 0.29) is 12.6 Å². The van der Waals surface area contributed by atoms with E-state index in [2.05, 4.69) is 6.92 Å². The standard InChI is InChI=1S/C20H22N2O4/c1-2-6-18-15(13-22(24)20(21)23)11-14-12-17(9-10-19(14)26-18)25-16-7-4-3-5-8-16/h3-5,7-12,18,24H,2,6,13H2,1H3,(H2,21,23). The van der Waals surface area contributed by atoms with Crippen molar-refractivity contribution in [1.82, 2.24) is 5.06 Å². The molecule has 1 heterocycles. The van der Waals surface area contributed by atoms with Gasteiger partial charge in [0.1, 0.15) is 23.4 Å². The van der Waals surface area contributed by atoms with Gasteiger partial charge in [-0.05, 0) is 48.4 Å². The van der Waals surface area contributed by atoms with Crippen LogP contribution in [0.1, 0.15) is 25.3 Å². The molecule has 2 aromatic rings. The molecule has 0 aliphatic carbocycles. The summed E-state index contributed by atoms with van der Waals surface area (Å²) < 4.78 is 11.9. The van der Waals surface area contributed by atoms with E-state index in [4.69, 9.17) is 15.2 Å². The zero-order valence-corrected chi connectivity index (χ0v) is 14.6. The van der Waals surface area contributed by atoms with Gasteiger partial charge in [-0.1, -0.05) is 31.5 Å². The molecule has 0 saturated heterocycles. The molecule has 0 aromatic heterocycles. The quantitative estimate of drug-likeness (QED) is 0.601. The van der Waals surface area contributed by atoms with Gasteiger partial charge in [0.2, 0.25) is 0 Å². The van der Waals surface area contributed by atoms with Crippen LogP contribution in [0.25, 0.3) is 6.08 Å². The molecular weight excluding hydrogens is 332 g/mol. The van der Waals surface area contributed by atoms with E-state index >= 15 is 0 Å². The number of benzene rings is 2. The normalized spacial score (nSPS) is 15.5. The molecule has 2 amide bonds. The van der Waals surface area contributed by atoms with Crippen molar-refractivity contribution in [1.29, 1.82) is 0 Å². The minimum Gasteiger partial charge on any atom is -0.485 e. The van der Waals surface area contributed by atoms with Gasteiger partial charge in [0, 0.05) is 5.56 Å². The Morgan fingerprint density at radius 1 is 1.23 bits per heavy atom. The molecule has 6 heteroatoms. The number of urea groups is 1. The highest BCUT2D eigenvalue weighted by Crippen LogP contribution is 2.35. The van der Waals surface area contributed by atoms with E-state index in [1.807, 2.05) is 54.6 Å². The predicted molar refractivity (Wildman–Crippen MR) is 98.3 cm³/mol. The number of carbonyl (C=O) groups excluding carboxylic acids is 1. The Morgan fingerprint density at radius 2 is 2.00 bits per heavy atom. The lowest BCUT2D eigenvalue weighted by Gasteiger charge is -2.29. The number of hydrogen-bond acceptors (Lipinski definition) is 4. The van der Waals surface area contributed by atoms with Crippen LogP contribution >= 0.6 is 0 Å². The molecule has 0 saturated carbocycles. The fourth-order valence-electron chi connectivity index (χ4n) is 2.86. The lowest BCUT2D eigenvalue weighted by Crippen LogP contribution is -2.37. The second-order valence-corrected chi connectivity index (χ2v) is 6.13. The van der Waals surface area contributed by atoms with Crippen molar-refractivity contribution in [3.63, 3.8) is 0 Å². The molecule has 2 aromatic carbocycles. The first kappa shape index (κ1) is 17.8. The van der Waals surface area contributed by atoms with Gasteiger partial charge < -0.3 is 15.2 Å². The Bertz CT molecular complexity index is 805. The predicted octanol–water partition coefficient (Wildman–Crippen LogP) is 4.19. The Morgan fingerprint density at radius 3 is 2.69 bits per heavy atom. The highest BCUT2D eigenvalue weighted by Gasteiger charge is 2.24. The highest BCUT2D eigenvalue weighted by molar-refractivity contribution is 5.72. The van der Waals surface area contributed by atoms with Crippen LogP contribution in [-0.2, 0) is 0 Å². The zero-order valence-electron chi connectivity index (χ0n) is 14.6. The van der Waals surface area contributed by atoms with Crippen LogP contribution in [0.2, 0.25) is 0 Å². The second-order valence-electron chi connectivity index (χ2n) is 6.13. The zero-order chi connectivity index (χ0) is 18.5. The number of primary amides is 1. The molecule has 1 aliphatic rings. The molecule has 1 aliphatic heterocycles. The smallest absolute Gasteiger partial charge is 0.338 e. The summed E-state index contributed by atoms with van der Waals surface area (Å²) in [6.45, 7) is 2.06. The summed E-state index contributed by atoms with van der Waals surface area (Å²) in [4.78, 5) is 11.2. The van der Waals surface area contributed by atoms with E-state index in [0.29, 0.717) is 10.8 Å². The van der Waals surface area contributed by atoms with E-state index in [9.17, 15) is 10.0 Å². The van der Waals surface area contributed by atoms with Crippen LogP contribution in [0.15, 0.2) is 54.1 Å². The van der Waals surface area contributed by atoms with E-state index in [1.165, 1.54) is 0 Å².